The van der Waals surface area contributed by atoms with Gasteiger partial charge in [-0.05, 0) is 23.3 Å². The van der Waals surface area contributed by atoms with Crippen LogP contribution in [0, 0.1) is 6.57 Å². The molecule has 86 valence electrons. The summed E-state index contributed by atoms with van der Waals surface area (Å²) in [6.45, 7) is 6.42. The van der Waals surface area contributed by atoms with E-state index in [1.165, 1.54) is 12.1 Å². The largest absolute Gasteiger partial charge is 0.309 e. The molecule has 0 fully saturated rings. The van der Waals surface area contributed by atoms with Crippen LogP contribution in [0.25, 0.3) is 10.9 Å². The standard InChI is InChI=1S/C12H9NO3S/c1-13-8-11(14)6-9-2-3-10-4-5-17(15,16)12(10)7-9/h2-5,7H,6,8H2. The third-order valence-electron chi connectivity index (χ3n) is 2.47. The number of hydrogen-bond acceptors (Lipinski definition) is 3. The number of carbonyl (C=O) groups excluding carboxylic acids is 1. The van der Waals surface area contributed by atoms with Gasteiger partial charge < -0.3 is 4.85 Å². The molecule has 4 nitrogen and oxygen atoms in total. The fraction of sp³-hybridized carbons (Fsp3) is 0.167. The molecule has 1 aliphatic rings. The lowest BCUT2D eigenvalue weighted by molar-refractivity contribution is -0.116. The molecule has 0 unspecified atom stereocenters. The zero-order chi connectivity index (χ0) is 12.5. The van der Waals surface area contributed by atoms with Gasteiger partial charge in [0.05, 0.1) is 4.90 Å². The minimum Gasteiger partial charge on any atom is -0.309 e. The quantitative estimate of drug-likeness (QED) is 0.760. The molecule has 0 radical (unpaired) electrons. The van der Waals surface area contributed by atoms with Gasteiger partial charge in [-0.15, -0.1) is 0 Å². The van der Waals surface area contributed by atoms with E-state index in [9.17, 15) is 13.2 Å². The highest BCUT2D eigenvalue weighted by Crippen LogP contribution is 2.27. The van der Waals surface area contributed by atoms with Gasteiger partial charge >= 0.3 is 0 Å². The van der Waals surface area contributed by atoms with E-state index in [1.807, 2.05) is 0 Å². The van der Waals surface area contributed by atoms with E-state index in [4.69, 9.17) is 6.57 Å². The van der Waals surface area contributed by atoms with Crippen molar-refractivity contribution in [2.24, 2.45) is 0 Å². The number of nitrogens with zero attached hydrogens (tertiary/aromatic N) is 1. The number of fused-ring (bicyclic) bond motifs is 1. The van der Waals surface area contributed by atoms with Crippen molar-refractivity contribution >= 4 is 21.7 Å². The van der Waals surface area contributed by atoms with Gasteiger partial charge in [-0.2, -0.15) is 0 Å². The number of carbonyl (C=O) groups is 1. The first-order chi connectivity index (χ1) is 8.03. The zero-order valence-electron chi connectivity index (χ0n) is 8.88. The minimum absolute atomic E-state index is 0.102. The average Bonchev–Trinajstić information content (AvgIpc) is 2.55. The number of hydrogen-bond donors (Lipinski definition) is 0. The van der Waals surface area contributed by atoms with Crippen LogP contribution in [0.15, 0.2) is 28.5 Å². The van der Waals surface area contributed by atoms with Crippen molar-refractivity contribution in [3.8, 4) is 0 Å². The molecule has 5 heteroatoms. The molecule has 0 bridgehead atoms. The highest BCUT2D eigenvalue weighted by molar-refractivity contribution is 7.94. The molecule has 1 aliphatic heterocycles. The summed E-state index contributed by atoms with van der Waals surface area (Å²) in [5.41, 5.74) is 1.27. The summed E-state index contributed by atoms with van der Waals surface area (Å²) in [5, 5.41) is 1.16. The maximum atomic E-state index is 11.6. The van der Waals surface area contributed by atoms with E-state index in [-0.39, 0.29) is 23.6 Å². The van der Waals surface area contributed by atoms with Crippen molar-refractivity contribution in [1.29, 1.82) is 0 Å². The molecule has 0 aromatic heterocycles. The van der Waals surface area contributed by atoms with E-state index in [0.29, 0.717) is 11.1 Å². The Morgan fingerprint density at radius 1 is 1.35 bits per heavy atom. The Labute approximate surface area is 99.3 Å². The predicted molar refractivity (Wildman–Crippen MR) is 62.8 cm³/mol. The molecule has 17 heavy (non-hydrogen) atoms. The summed E-state index contributed by atoms with van der Waals surface area (Å²) < 4.78 is 23.2. The van der Waals surface area contributed by atoms with Crippen LogP contribution in [-0.4, -0.2) is 20.7 Å². The summed E-state index contributed by atoms with van der Waals surface area (Å²) in [7, 11) is -3.33. The lowest BCUT2D eigenvalue weighted by Crippen LogP contribution is -2.06. The summed E-state index contributed by atoms with van der Waals surface area (Å²) in [6.07, 6.45) is 1.64. The maximum absolute atomic E-state index is 11.6. The second kappa shape index (κ2) is 4.15. The van der Waals surface area contributed by atoms with Gasteiger partial charge in [0.2, 0.25) is 5.78 Å². The normalized spacial score (nSPS) is 15.2. The monoisotopic (exact) mass is 247 g/mol. The molecular formula is C12H9NO3S. The van der Waals surface area contributed by atoms with Crippen LogP contribution in [0.2, 0.25) is 0 Å². The molecule has 0 saturated carbocycles. The topological polar surface area (TPSA) is 55.6 Å². The average molecular weight is 247 g/mol. The van der Waals surface area contributed by atoms with Crippen LogP contribution < -0.4 is 0 Å². The Bertz CT molecular complexity index is 651. The predicted octanol–water partition coefficient (Wildman–Crippen LogP) is 1.48. The number of sulfone groups is 1. The van der Waals surface area contributed by atoms with Gasteiger partial charge in [0.15, 0.2) is 9.84 Å². The fourth-order valence-electron chi connectivity index (χ4n) is 1.68. The van der Waals surface area contributed by atoms with Crippen LogP contribution in [0.1, 0.15) is 11.1 Å². The van der Waals surface area contributed by atoms with Crippen LogP contribution in [0.4, 0.5) is 0 Å². The van der Waals surface area contributed by atoms with E-state index in [2.05, 4.69) is 4.85 Å². The third-order valence-corrected chi connectivity index (χ3v) is 3.93. The van der Waals surface area contributed by atoms with E-state index >= 15 is 0 Å². The zero-order valence-corrected chi connectivity index (χ0v) is 9.70. The molecule has 0 saturated heterocycles. The number of Topliss-reactive ketones (excluding diaryl/α,β-unsaturated/α-hetero) is 1. The van der Waals surface area contributed by atoms with Crippen molar-refractivity contribution in [1.82, 2.24) is 0 Å². The SMILES string of the molecule is [C-]#[N+]CC(=O)Cc1ccc2c(c1)S(=O)(=O)C=C2. The molecule has 1 aromatic carbocycles. The maximum Gasteiger partial charge on any atom is 0.272 e. The Balaban J connectivity index is 2.31. The van der Waals surface area contributed by atoms with Crippen molar-refractivity contribution in [3.63, 3.8) is 0 Å². The van der Waals surface area contributed by atoms with Crippen LogP contribution in [0.3, 0.4) is 0 Å². The van der Waals surface area contributed by atoms with Gasteiger partial charge in [-0.3, -0.25) is 4.79 Å². The molecule has 0 atom stereocenters. The van der Waals surface area contributed by atoms with Gasteiger partial charge in [0.1, 0.15) is 0 Å². The summed E-state index contributed by atoms with van der Waals surface area (Å²) >= 11 is 0. The molecular weight excluding hydrogens is 238 g/mol. The van der Waals surface area contributed by atoms with Crippen molar-refractivity contribution in [3.05, 3.63) is 46.2 Å². The molecule has 0 N–H and O–H groups in total. The molecule has 0 aliphatic carbocycles. The first-order valence-electron chi connectivity index (χ1n) is 4.94. The summed E-state index contributed by atoms with van der Waals surface area (Å²) in [4.78, 5) is 14.5. The Morgan fingerprint density at radius 3 is 2.82 bits per heavy atom. The minimum atomic E-state index is -3.33. The highest BCUT2D eigenvalue weighted by Gasteiger charge is 2.21. The van der Waals surface area contributed by atoms with Gasteiger partial charge in [-0.1, -0.05) is 12.1 Å². The van der Waals surface area contributed by atoms with Crippen LogP contribution in [0.5, 0.6) is 0 Å². The highest BCUT2D eigenvalue weighted by atomic mass is 32.2. The fourth-order valence-corrected chi connectivity index (χ4v) is 2.93. The van der Waals surface area contributed by atoms with Crippen molar-refractivity contribution < 1.29 is 13.2 Å². The molecule has 1 aromatic rings. The van der Waals surface area contributed by atoms with E-state index < -0.39 is 9.84 Å². The van der Waals surface area contributed by atoms with E-state index in [1.54, 1.807) is 12.1 Å². The van der Waals surface area contributed by atoms with Crippen LogP contribution >= 0.6 is 0 Å². The second-order valence-electron chi connectivity index (χ2n) is 3.75. The Kier molecular flexibility index (Phi) is 2.82. The van der Waals surface area contributed by atoms with Crippen molar-refractivity contribution in [2.45, 2.75) is 11.3 Å². The second-order valence-corrected chi connectivity index (χ2v) is 5.55. The number of ketones is 1. The van der Waals surface area contributed by atoms with Crippen molar-refractivity contribution in [2.75, 3.05) is 6.54 Å². The summed E-state index contributed by atoms with van der Waals surface area (Å²) in [6, 6.07) is 4.90. The third kappa shape index (κ3) is 2.27. The number of rotatable bonds is 3. The smallest absolute Gasteiger partial charge is 0.272 e. The number of benzene rings is 1. The molecule has 2 rings (SSSR count). The van der Waals surface area contributed by atoms with Gasteiger partial charge in [0, 0.05) is 11.8 Å². The first kappa shape index (κ1) is 11.6. The molecule has 1 heterocycles. The summed E-state index contributed by atoms with van der Waals surface area (Å²) in [5.74, 6) is -0.205. The Morgan fingerprint density at radius 2 is 2.12 bits per heavy atom. The lowest BCUT2D eigenvalue weighted by atomic mass is 10.1. The van der Waals surface area contributed by atoms with Gasteiger partial charge in [0.25, 0.3) is 6.54 Å². The molecule has 0 spiro atoms. The van der Waals surface area contributed by atoms with E-state index in [0.717, 1.165) is 5.41 Å². The van der Waals surface area contributed by atoms with Crippen LogP contribution in [-0.2, 0) is 21.1 Å². The lowest BCUT2D eigenvalue weighted by Gasteiger charge is -2.02. The first-order valence-corrected chi connectivity index (χ1v) is 6.48. The Hall–Kier alpha value is -1.93. The molecule has 0 amide bonds. The van der Waals surface area contributed by atoms with Gasteiger partial charge in [-0.25, -0.2) is 15.0 Å².